The molecule has 150 valence electrons. The molecule has 2 aromatic rings. The van der Waals surface area contributed by atoms with Crippen LogP contribution in [-0.4, -0.2) is 50.3 Å². The van der Waals surface area contributed by atoms with E-state index in [0.29, 0.717) is 29.3 Å². The van der Waals surface area contributed by atoms with E-state index in [-0.39, 0.29) is 11.3 Å². The Morgan fingerprint density at radius 2 is 1.96 bits per heavy atom. The third kappa shape index (κ3) is 4.51. The van der Waals surface area contributed by atoms with Crippen molar-refractivity contribution in [2.45, 2.75) is 26.2 Å². The minimum atomic E-state index is -0.495. The molecule has 1 fully saturated rings. The molecule has 0 saturated carbocycles. The second kappa shape index (κ2) is 8.28. The standard InChI is InChI=1S/C20H25N3O4S/c1-20(2,3)19-21-12-16(28-19)17(24)22-15-6-5-13(11-14(15)18(25)26-4)23-7-9-27-10-8-23/h5-6,11-12H,7-10H2,1-4H3,(H,22,24). The lowest BCUT2D eigenvalue weighted by Gasteiger charge is -2.29. The fraction of sp³-hybridized carbons (Fsp3) is 0.450. The van der Waals surface area contributed by atoms with Crippen LogP contribution in [0.2, 0.25) is 0 Å². The Morgan fingerprint density at radius 3 is 2.57 bits per heavy atom. The van der Waals surface area contributed by atoms with Gasteiger partial charge < -0.3 is 19.7 Å². The topological polar surface area (TPSA) is 80.8 Å². The van der Waals surface area contributed by atoms with Gasteiger partial charge in [0, 0.05) is 24.2 Å². The van der Waals surface area contributed by atoms with E-state index in [0.717, 1.165) is 23.8 Å². The van der Waals surface area contributed by atoms with E-state index in [1.807, 2.05) is 26.8 Å². The van der Waals surface area contributed by atoms with Crippen LogP contribution in [0.15, 0.2) is 24.4 Å². The fourth-order valence-corrected chi connectivity index (χ4v) is 3.72. The number of thiazole rings is 1. The summed E-state index contributed by atoms with van der Waals surface area (Å²) in [5, 5.41) is 3.71. The number of methoxy groups -OCH3 is 1. The largest absolute Gasteiger partial charge is 0.465 e. The summed E-state index contributed by atoms with van der Waals surface area (Å²) >= 11 is 1.35. The monoisotopic (exact) mass is 403 g/mol. The number of benzene rings is 1. The highest BCUT2D eigenvalue weighted by atomic mass is 32.1. The van der Waals surface area contributed by atoms with Gasteiger partial charge >= 0.3 is 5.97 Å². The first-order valence-corrected chi connectivity index (χ1v) is 9.94. The molecular formula is C20H25N3O4S. The number of rotatable bonds is 4. The molecule has 0 unspecified atom stereocenters. The molecule has 28 heavy (non-hydrogen) atoms. The maximum atomic E-state index is 12.7. The number of carbonyl (C=O) groups excluding carboxylic acids is 2. The fourth-order valence-electron chi connectivity index (χ4n) is 2.85. The van der Waals surface area contributed by atoms with Gasteiger partial charge in [-0.05, 0) is 18.2 Å². The van der Waals surface area contributed by atoms with Crippen molar-refractivity contribution >= 4 is 34.6 Å². The van der Waals surface area contributed by atoms with Crippen molar-refractivity contribution in [3.63, 3.8) is 0 Å². The highest BCUT2D eigenvalue weighted by Gasteiger charge is 2.22. The molecule has 8 heteroatoms. The van der Waals surface area contributed by atoms with E-state index in [2.05, 4.69) is 15.2 Å². The zero-order valence-electron chi connectivity index (χ0n) is 16.6. The van der Waals surface area contributed by atoms with E-state index >= 15 is 0 Å². The minimum absolute atomic E-state index is 0.125. The predicted molar refractivity (Wildman–Crippen MR) is 110 cm³/mol. The number of ether oxygens (including phenoxy) is 2. The normalized spacial score (nSPS) is 14.6. The Morgan fingerprint density at radius 1 is 1.25 bits per heavy atom. The molecule has 1 aromatic heterocycles. The number of nitrogens with one attached hydrogen (secondary N) is 1. The van der Waals surface area contributed by atoms with Gasteiger partial charge in [0.2, 0.25) is 0 Å². The zero-order chi connectivity index (χ0) is 20.3. The van der Waals surface area contributed by atoms with E-state index in [9.17, 15) is 9.59 Å². The van der Waals surface area contributed by atoms with Crippen LogP contribution < -0.4 is 10.2 Å². The number of aromatic nitrogens is 1. The molecule has 2 heterocycles. The van der Waals surface area contributed by atoms with Crippen LogP contribution in [0.25, 0.3) is 0 Å². The third-order valence-corrected chi connectivity index (χ3v) is 5.83. The molecule has 1 aromatic carbocycles. The van der Waals surface area contributed by atoms with Crippen LogP contribution in [0.3, 0.4) is 0 Å². The number of esters is 1. The molecule has 3 rings (SSSR count). The summed E-state index contributed by atoms with van der Waals surface area (Å²) in [4.78, 5) is 32.0. The van der Waals surface area contributed by atoms with Crippen LogP contribution in [0.1, 0.15) is 45.8 Å². The van der Waals surface area contributed by atoms with Gasteiger partial charge in [-0.2, -0.15) is 0 Å². The van der Waals surface area contributed by atoms with Gasteiger partial charge in [-0.1, -0.05) is 20.8 Å². The summed E-state index contributed by atoms with van der Waals surface area (Å²) in [6, 6.07) is 5.38. The molecule has 1 saturated heterocycles. The quantitative estimate of drug-likeness (QED) is 0.789. The highest BCUT2D eigenvalue weighted by Crippen LogP contribution is 2.29. The molecule has 0 atom stereocenters. The van der Waals surface area contributed by atoms with Crippen LogP contribution in [0, 0.1) is 0 Å². The van der Waals surface area contributed by atoms with Crippen LogP contribution in [0.4, 0.5) is 11.4 Å². The molecule has 0 aliphatic carbocycles. The van der Waals surface area contributed by atoms with Crippen LogP contribution in [-0.2, 0) is 14.9 Å². The Balaban J connectivity index is 1.85. The van der Waals surface area contributed by atoms with Crippen molar-refractivity contribution in [2.75, 3.05) is 43.6 Å². The third-order valence-electron chi connectivity index (χ3n) is 4.40. The van der Waals surface area contributed by atoms with Crippen molar-refractivity contribution in [2.24, 2.45) is 0 Å². The molecule has 1 aliphatic heterocycles. The first-order chi connectivity index (χ1) is 13.3. The highest BCUT2D eigenvalue weighted by molar-refractivity contribution is 7.13. The molecule has 0 radical (unpaired) electrons. The molecule has 1 aliphatic rings. The average Bonchev–Trinajstić information content (AvgIpc) is 3.19. The van der Waals surface area contributed by atoms with Gasteiger partial charge in [0.15, 0.2) is 0 Å². The van der Waals surface area contributed by atoms with Gasteiger partial charge in [0.25, 0.3) is 5.91 Å². The lowest BCUT2D eigenvalue weighted by Crippen LogP contribution is -2.36. The smallest absolute Gasteiger partial charge is 0.340 e. The Kier molecular flexibility index (Phi) is 6.00. The molecule has 1 amide bonds. The molecular weight excluding hydrogens is 378 g/mol. The van der Waals surface area contributed by atoms with Crippen molar-refractivity contribution < 1.29 is 19.1 Å². The predicted octanol–water partition coefficient (Wildman–Crippen LogP) is 3.32. The first-order valence-electron chi connectivity index (χ1n) is 9.12. The number of hydrogen-bond donors (Lipinski definition) is 1. The van der Waals surface area contributed by atoms with Gasteiger partial charge in [0.1, 0.15) is 4.88 Å². The van der Waals surface area contributed by atoms with E-state index < -0.39 is 5.97 Å². The molecule has 7 nitrogen and oxygen atoms in total. The number of anilines is 2. The van der Waals surface area contributed by atoms with Gasteiger partial charge in [-0.25, -0.2) is 9.78 Å². The van der Waals surface area contributed by atoms with E-state index in [1.165, 1.54) is 18.4 Å². The lowest BCUT2D eigenvalue weighted by molar-refractivity contribution is 0.0602. The summed E-state index contributed by atoms with van der Waals surface area (Å²) in [7, 11) is 1.33. The summed E-state index contributed by atoms with van der Waals surface area (Å²) in [6.45, 7) is 8.94. The number of amides is 1. The van der Waals surface area contributed by atoms with E-state index in [1.54, 1.807) is 18.3 Å². The Bertz CT molecular complexity index is 867. The lowest BCUT2D eigenvalue weighted by atomic mass is 9.98. The SMILES string of the molecule is COC(=O)c1cc(N2CCOCC2)ccc1NC(=O)c1cnc(C(C)(C)C)s1. The van der Waals surface area contributed by atoms with E-state index in [4.69, 9.17) is 9.47 Å². The number of carbonyl (C=O) groups is 2. The maximum absolute atomic E-state index is 12.7. The molecule has 0 spiro atoms. The van der Waals surface area contributed by atoms with Crippen LogP contribution in [0.5, 0.6) is 0 Å². The molecule has 1 N–H and O–H groups in total. The molecule has 0 bridgehead atoms. The summed E-state index contributed by atoms with van der Waals surface area (Å²) < 4.78 is 10.3. The summed E-state index contributed by atoms with van der Waals surface area (Å²) in [6.07, 6.45) is 1.57. The first kappa shape index (κ1) is 20.3. The number of hydrogen-bond acceptors (Lipinski definition) is 7. The average molecular weight is 404 g/mol. The number of nitrogens with zero attached hydrogens (tertiary/aromatic N) is 2. The van der Waals surface area contributed by atoms with Crippen molar-refractivity contribution in [1.29, 1.82) is 0 Å². The summed E-state index contributed by atoms with van der Waals surface area (Å²) in [5.74, 6) is -0.789. The van der Waals surface area contributed by atoms with Crippen molar-refractivity contribution in [3.8, 4) is 0 Å². The maximum Gasteiger partial charge on any atom is 0.340 e. The number of morpholine rings is 1. The van der Waals surface area contributed by atoms with Crippen molar-refractivity contribution in [3.05, 3.63) is 39.8 Å². The second-order valence-electron chi connectivity index (χ2n) is 7.55. The van der Waals surface area contributed by atoms with Crippen molar-refractivity contribution in [1.82, 2.24) is 4.98 Å². The minimum Gasteiger partial charge on any atom is -0.465 e. The Hall–Kier alpha value is -2.45. The van der Waals surface area contributed by atoms with Gasteiger partial charge in [-0.15, -0.1) is 11.3 Å². The van der Waals surface area contributed by atoms with Gasteiger partial charge in [-0.3, -0.25) is 4.79 Å². The van der Waals surface area contributed by atoms with Gasteiger partial charge in [0.05, 0.1) is 42.8 Å². The second-order valence-corrected chi connectivity index (χ2v) is 8.59. The Labute approximate surface area is 168 Å². The summed E-state index contributed by atoms with van der Waals surface area (Å²) in [5.41, 5.74) is 1.51. The van der Waals surface area contributed by atoms with Crippen LogP contribution >= 0.6 is 11.3 Å². The zero-order valence-corrected chi connectivity index (χ0v) is 17.4.